The van der Waals surface area contributed by atoms with Crippen LogP contribution in [-0.2, 0) is 18.9 Å². The monoisotopic (exact) mass is 424 g/mol. The minimum absolute atomic E-state index is 0.0543. The summed E-state index contributed by atoms with van der Waals surface area (Å²) in [4.78, 5) is 25.6. The van der Waals surface area contributed by atoms with E-state index in [1.54, 1.807) is 0 Å². The van der Waals surface area contributed by atoms with E-state index in [9.17, 15) is 14.7 Å². The van der Waals surface area contributed by atoms with Crippen LogP contribution in [0.25, 0.3) is 0 Å². The van der Waals surface area contributed by atoms with Crippen LogP contribution in [0.15, 0.2) is 24.3 Å². The first kappa shape index (κ1) is 24.3. The second-order valence-electron chi connectivity index (χ2n) is 7.34. The van der Waals surface area contributed by atoms with Crippen LogP contribution in [-0.4, -0.2) is 60.2 Å². The first-order chi connectivity index (χ1) is 14.4. The Kier molecular flexibility index (Phi) is 9.23. The lowest BCUT2D eigenvalue weighted by Crippen LogP contribution is -2.61. The van der Waals surface area contributed by atoms with Crippen molar-refractivity contribution >= 4 is 11.9 Å². The molecule has 2 aliphatic rings. The zero-order valence-electron chi connectivity index (χ0n) is 17.7. The summed E-state index contributed by atoms with van der Waals surface area (Å²) >= 11 is 0. The van der Waals surface area contributed by atoms with Gasteiger partial charge in [-0.05, 0) is 37.1 Å². The third kappa shape index (κ3) is 5.78. The summed E-state index contributed by atoms with van der Waals surface area (Å²) in [5.41, 5.74) is -1.31. The Bertz CT molecular complexity index is 640. The van der Waals surface area contributed by atoms with Crippen molar-refractivity contribution < 1.29 is 38.7 Å². The highest BCUT2D eigenvalue weighted by Gasteiger charge is 2.59. The molecule has 0 unspecified atom stereocenters. The molecular weight excluding hydrogens is 392 g/mol. The van der Waals surface area contributed by atoms with Crippen LogP contribution in [0.3, 0.4) is 0 Å². The molecule has 8 nitrogen and oxygen atoms in total. The molecule has 2 aliphatic heterocycles. The lowest BCUT2D eigenvalue weighted by molar-refractivity contribution is -0.403. The van der Waals surface area contributed by atoms with Crippen molar-refractivity contribution in [3.05, 3.63) is 35.4 Å². The van der Waals surface area contributed by atoms with Crippen LogP contribution >= 0.6 is 0 Å². The number of rotatable bonds is 13. The van der Waals surface area contributed by atoms with Gasteiger partial charge in [-0.2, -0.15) is 0 Å². The van der Waals surface area contributed by atoms with E-state index in [-0.39, 0.29) is 50.4 Å². The Morgan fingerprint density at radius 2 is 1.40 bits per heavy atom. The molecule has 2 bridgehead atoms. The van der Waals surface area contributed by atoms with E-state index in [2.05, 4.69) is 0 Å². The molecule has 0 amide bonds. The Hall–Kier alpha value is -2.00. The Morgan fingerprint density at radius 3 is 1.83 bits per heavy atom. The van der Waals surface area contributed by atoms with Crippen LogP contribution in [0.2, 0.25) is 0 Å². The molecule has 0 aliphatic carbocycles. The molecule has 1 aromatic carbocycles. The SMILES string of the molecule is CCCCC(O)(CCCC)C1(OCCOCCO)OC(=O)c2ccc(cc2)C(=O)O1. The number of esters is 2. The lowest BCUT2D eigenvalue weighted by Gasteiger charge is -2.43. The zero-order valence-corrected chi connectivity index (χ0v) is 17.7. The van der Waals surface area contributed by atoms with Crippen LogP contribution in [0.1, 0.15) is 73.1 Å². The van der Waals surface area contributed by atoms with Gasteiger partial charge in [-0.3, -0.25) is 0 Å². The predicted octanol–water partition coefficient (Wildman–Crippen LogP) is 2.80. The second-order valence-corrected chi connectivity index (χ2v) is 7.34. The molecule has 30 heavy (non-hydrogen) atoms. The van der Waals surface area contributed by atoms with Gasteiger partial charge in [0.05, 0.1) is 37.6 Å². The first-order valence-electron chi connectivity index (χ1n) is 10.5. The topological polar surface area (TPSA) is 112 Å². The summed E-state index contributed by atoms with van der Waals surface area (Å²) in [6.45, 7) is 3.83. The molecule has 3 rings (SSSR count). The molecule has 0 atom stereocenters. The molecule has 0 saturated carbocycles. The third-order valence-electron chi connectivity index (χ3n) is 5.02. The molecule has 0 radical (unpaired) electrons. The van der Waals surface area contributed by atoms with Crippen molar-refractivity contribution in [2.45, 2.75) is 63.9 Å². The van der Waals surface area contributed by atoms with Crippen LogP contribution < -0.4 is 0 Å². The van der Waals surface area contributed by atoms with Gasteiger partial charge in [0.15, 0.2) is 5.60 Å². The highest BCUT2D eigenvalue weighted by molar-refractivity contribution is 5.94. The van der Waals surface area contributed by atoms with Crippen LogP contribution in [0, 0.1) is 0 Å². The molecule has 1 aromatic rings. The summed E-state index contributed by atoms with van der Waals surface area (Å²) in [5.74, 6) is -3.85. The van der Waals surface area contributed by atoms with Crippen molar-refractivity contribution in [1.29, 1.82) is 0 Å². The fourth-order valence-electron chi connectivity index (χ4n) is 3.28. The standard InChI is InChI=1S/C22H32O8/c1-3-5-11-21(26,12-6-4-2)22(28-16-15-27-14-13-23)29-19(24)17-7-8-18(10-9-17)20(25)30-22/h7-10,23,26H,3-6,11-16H2,1-2H3. The Labute approximate surface area is 177 Å². The molecule has 0 saturated heterocycles. The maximum atomic E-state index is 12.8. The van der Waals surface area contributed by atoms with Crippen molar-refractivity contribution in [2.75, 3.05) is 26.4 Å². The molecule has 8 heteroatoms. The number of hydrogen-bond acceptors (Lipinski definition) is 8. The highest BCUT2D eigenvalue weighted by atomic mass is 16.9. The molecule has 0 aromatic heterocycles. The van der Waals surface area contributed by atoms with Crippen LogP contribution in [0.5, 0.6) is 0 Å². The predicted molar refractivity (Wildman–Crippen MR) is 108 cm³/mol. The fraction of sp³-hybridized carbons (Fsp3) is 0.636. The van der Waals surface area contributed by atoms with Gasteiger partial charge in [0.2, 0.25) is 0 Å². The molecule has 0 spiro atoms. The molecule has 0 fully saturated rings. The largest absolute Gasteiger partial charge is 0.407 e. The van der Waals surface area contributed by atoms with E-state index in [4.69, 9.17) is 24.1 Å². The van der Waals surface area contributed by atoms with E-state index in [1.807, 2.05) is 13.8 Å². The molecule has 2 heterocycles. The number of aliphatic hydroxyl groups is 2. The second kappa shape index (κ2) is 11.4. The van der Waals surface area contributed by atoms with E-state index in [1.165, 1.54) is 24.3 Å². The Morgan fingerprint density at radius 1 is 0.900 bits per heavy atom. The number of aliphatic hydroxyl groups excluding tert-OH is 1. The summed E-state index contributed by atoms with van der Waals surface area (Å²) in [6, 6.07) is 5.88. The van der Waals surface area contributed by atoms with Gasteiger partial charge in [-0.25, -0.2) is 9.59 Å². The van der Waals surface area contributed by atoms with E-state index in [0.29, 0.717) is 12.8 Å². The number of fused-ring (bicyclic) bond motifs is 6. The van der Waals surface area contributed by atoms with Gasteiger partial charge >= 0.3 is 17.9 Å². The average Bonchev–Trinajstić information content (AvgIpc) is 2.83. The number of carbonyl (C=O) groups is 2. The first-order valence-corrected chi connectivity index (χ1v) is 10.5. The number of hydrogen-bond donors (Lipinski definition) is 2. The summed E-state index contributed by atoms with van der Waals surface area (Å²) in [5, 5.41) is 20.5. The molecule has 168 valence electrons. The zero-order chi connectivity index (χ0) is 22.0. The van der Waals surface area contributed by atoms with Crippen molar-refractivity contribution in [3.63, 3.8) is 0 Å². The minimum Gasteiger partial charge on any atom is -0.394 e. The average molecular weight is 424 g/mol. The Balaban J connectivity index is 2.43. The number of carbonyl (C=O) groups excluding carboxylic acids is 2. The number of unbranched alkanes of at least 4 members (excludes halogenated alkanes) is 2. The summed E-state index contributed by atoms with van der Waals surface area (Å²) in [6.07, 6.45) is 3.23. The quantitative estimate of drug-likeness (QED) is 0.367. The van der Waals surface area contributed by atoms with E-state index < -0.39 is 23.5 Å². The normalized spacial score (nSPS) is 15.9. The van der Waals surface area contributed by atoms with Gasteiger partial charge in [0.25, 0.3) is 0 Å². The third-order valence-corrected chi connectivity index (χ3v) is 5.02. The van der Waals surface area contributed by atoms with Gasteiger partial charge in [0, 0.05) is 0 Å². The van der Waals surface area contributed by atoms with E-state index >= 15 is 0 Å². The minimum atomic E-state index is -2.32. The maximum Gasteiger partial charge on any atom is 0.407 e. The summed E-state index contributed by atoms with van der Waals surface area (Å²) in [7, 11) is 0. The maximum absolute atomic E-state index is 12.8. The van der Waals surface area contributed by atoms with Gasteiger partial charge in [-0.1, -0.05) is 39.5 Å². The highest BCUT2D eigenvalue weighted by Crippen LogP contribution is 2.40. The number of benzene rings is 1. The van der Waals surface area contributed by atoms with Crippen LogP contribution in [0.4, 0.5) is 0 Å². The van der Waals surface area contributed by atoms with Crippen molar-refractivity contribution in [2.24, 2.45) is 0 Å². The molecular formula is C22H32O8. The smallest absolute Gasteiger partial charge is 0.394 e. The van der Waals surface area contributed by atoms with Crippen molar-refractivity contribution in [3.8, 4) is 0 Å². The van der Waals surface area contributed by atoms with Gasteiger partial charge in [-0.15, -0.1) is 0 Å². The van der Waals surface area contributed by atoms with Gasteiger partial charge < -0.3 is 29.2 Å². The van der Waals surface area contributed by atoms with Gasteiger partial charge in [0.1, 0.15) is 0 Å². The van der Waals surface area contributed by atoms with E-state index in [0.717, 1.165) is 12.8 Å². The number of ether oxygens (including phenoxy) is 4. The summed E-state index contributed by atoms with van der Waals surface area (Å²) < 4.78 is 22.2. The lowest BCUT2D eigenvalue weighted by atomic mass is 9.87. The fourth-order valence-corrected chi connectivity index (χ4v) is 3.28. The molecule has 2 N–H and O–H groups in total. The van der Waals surface area contributed by atoms with Crippen molar-refractivity contribution in [1.82, 2.24) is 0 Å².